The smallest absolute Gasteiger partial charge is 0.348 e. The molecule has 0 saturated heterocycles. The highest BCUT2D eigenvalue weighted by atomic mass is 16.5. The largest absolute Gasteiger partial charge is 0.481 e. The standard InChI is InChI=1S/C7H7NO2.C3H6O2/c1-3-4-10-7(9)6(2)5-8;1-2-3(4)5/h3H,1-2,4H2;2H2,1H3,(H,4,5). The molecule has 0 aliphatic heterocycles. The van der Waals surface area contributed by atoms with Gasteiger partial charge in [0.25, 0.3) is 0 Å². The number of nitrogens with zero attached hydrogens (tertiary/aromatic N) is 1. The molecule has 0 heterocycles. The van der Waals surface area contributed by atoms with Crippen LogP contribution in [0.15, 0.2) is 24.8 Å². The second-order valence-corrected chi connectivity index (χ2v) is 2.22. The van der Waals surface area contributed by atoms with Gasteiger partial charge in [0.1, 0.15) is 18.2 Å². The molecule has 0 spiro atoms. The summed E-state index contributed by atoms with van der Waals surface area (Å²) in [6.07, 6.45) is 1.64. The third-order valence-corrected chi connectivity index (χ3v) is 1.02. The molecule has 0 bridgehead atoms. The molecule has 0 aliphatic rings. The van der Waals surface area contributed by atoms with Crippen molar-refractivity contribution in [3.8, 4) is 6.07 Å². The molecule has 0 aromatic carbocycles. The fourth-order valence-electron chi connectivity index (χ4n) is 0.267. The minimum atomic E-state index is -0.745. The van der Waals surface area contributed by atoms with Gasteiger partial charge in [-0.1, -0.05) is 26.2 Å². The van der Waals surface area contributed by atoms with Crippen LogP contribution < -0.4 is 0 Å². The Bertz CT molecular complexity index is 288. The van der Waals surface area contributed by atoms with Crippen LogP contribution >= 0.6 is 0 Å². The van der Waals surface area contributed by atoms with Crippen LogP contribution in [0.1, 0.15) is 13.3 Å². The van der Waals surface area contributed by atoms with Crippen molar-refractivity contribution in [2.45, 2.75) is 13.3 Å². The van der Waals surface area contributed by atoms with Crippen LogP contribution in [0.4, 0.5) is 0 Å². The van der Waals surface area contributed by atoms with Crippen molar-refractivity contribution >= 4 is 11.9 Å². The molecule has 0 aliphatic carbocycles. The van der Waals surface area contributed by atoms with E-state index < -0.39 is 11.9 Å². The van der Waals surface area contributed by atoms with Gasteiger partial charge in [-0.25, -0.2) is 4.79 Å². The first kappa shape index (κ1) is 15.4. The molecule has 0 rings (SSSR count). The van der Waals surface area contributed by atoms with Crippen LogP contribution in [0.5, 0.6) is 0 Å². The van der Waals surface area contributed by atoms with Crippen LogP contribution in [-0.4, -0.2) is 23.7 Å². The Morgan fingerprint density at radius 3 is 2.33 bits per heavy atom. The average molecular weight is 211 g/mol. The quantitative estimate of drug-likeness (QED) is 0.327. The fraction of sp³-hybridized carbons (Fsp3) is 0.300. The lowest BCUT2D eigenvalue weighted by atomic mass is 10.3. The summed E-state index contributed by atoms with van der Waals surface area (Å²) in [4.78, 5) is 19.9. The monoisotopic (exact) mass is 211 g/mol. The number of hydrogen-bond acceptors (Lipinski definition) is 4. The highest BCUT2D eigenvalue weighted by Gasteiger charge is 2.04. The molecular weight excluding hydrogens is 198 g/mol. The van der Waals surface area contributed by atoms with Gasteiger partial charge in [-0.05, 0) is 0 Å². The maximum Gasteiger partial charge on any atom is 0.348 e. The Balaban J connectivity index is 0. The molecular formula is C10H13NO4. The van der Waals surface area contributed by atoms with Crippen LogP contribution in [0.3, 0.4) is 0 Å². The first-order valence-corrected chi connectivity index (χ1v) is 4.08. The number of carbonyl (C=O) groups excluding carboxylic acids is 1. The number of ether oxygens (including phenoxy) is 1. The van der Waals surface area contributed by atoms with E-state index in [-0.39, 0.29) is 18.6 Å². The molecule has 0 aromatic heterocycles. The van der Waals surface area contributed by atoms with E-state index >= 15 is 0 Å². The van der Waals surface area contributed by atoms with Crippen LogP contribution in [0.2, 0.25) is 0 Å². The van der Waals surface area contributed by atoms with E-state index in [1.54, 1.807) is 13.0 Å². The summed E-state index contributed by atoms with van der Waals surface area (Å²) in [7, 11) is 0. The molecule has 5 heteroatoms. The summed E-state index contributed by atoms with van der Waals surface area (Å²) in [5.74, 6) is -1.44. The third-order valence-electron chi connectivity index (χ3n) is 1.02. The molecule has 0 unspecified atom stereocenters. The van der Waals surface area contributed by atoms with Gasteiger partial charge in [-0.2, -0.15) is 5.26 Å². The lowest BCUT2D eigenvalue weighted by molar-refractivity contribution is -0.137. The van der Waals surface area contributed by atoms with Gasteiger partial charge in [-0.15, -0.1) is 0 Å². The minimum Gasteiger partial charge on any atom is -0.481 e. The summed E-state index contributed by atoms with van der Waals surface area (Å²) in [5.41, 5.74) is -0.193. The molecule has 0 saturated carbocycles. The van der Waals surface area contributed by atoms with Gasteiger partial charge in [-0.3, -0.25) is 4.79 Å². The van der Waals surface area contributed by atoms with Crippen LogP contribution in [-0.2, 0) is 14.3 Å². The minimum absolute atomic E-state index is 0.111. The lowest BCUT2D eigenvalue weighted by Gasteiger charge is -1.95. The van der Waals surface area contributed by atoms with Gasteiger partial charge >= 0.3 is 11.9 Å². The van der Waals surface area contributed by atoms with E-state index in [4.69, 9.17) is 10.4 Å². The number of esters is 1. The molecule has 5 nitrogen and oxygen atoms in total. The van der Waals surface area contributed by atoms with Gasteiger partial charge in [0.2, 0.25) is 0 Å². The first-order chi connectivity index (χ1) is 6.99. The fourth-order valence-corrected chi connectivity index (χ4v) is 0.267. The predicted molar refractivity (Wildman–Crippen MR) is 53.8 cm³/mol. The molecule has 0 fully saturated rings. The Hall–Kier alpha value is -2.09. The van der Waals surface area contributed by atoms with E-state index in [1.165, 1.54) is 6.08 Å². The zero-order valence-corrected chi connectivity index (χ0v) is 8.52. The number of aliphatic carboxylic acids is 1. The van der Waals surface area contributed by atoms with Crippen LogP contribution in [0, 0.1) is 11.3 Å². The van der Waals surface area contributed by atoms with Crippen molar-refractivity contribution < 1.29 is 19.4 Å². The third kappa shape index (κ3) is 11.9. The highest BCUT2D eigenvalue weighted by molar-refractivity contribution is 5.91. The van der Waals surface area contributed by atoms with Crippen LogP contribution in [0.25, 0.3) is 0 Å². The normalized spacial score (nSPS) is 7.47. The van der Waals surface area contributed by atoms with Crippen molar-refractivity contribution in [1.82, 2.24) is 0 Å². The van der Waals surface area contributed by atoms with Crippen molar-refractivity contribution in [2.24, 2.45) is 0 Å². The molecule has 15 heavy (non-hydrogen) atoms. The molecule has 82 valence electrons. The number of carboxylic acids is 1. The summed E-state index contributed by atoms with van der Waals surface area (Å²) in [6, 6.07) is 1.57. The van der Waals surface area contributed by atoms with E-state index in [2.05, 4.69) is 17.9 Å². The van der Waals surface area contributed by atoms with Gasteiger partial charge in [0, 0.05) is 6.42 Å². The highest BCUT2D eigenvalue weighted by Crippen LogP contribution is 1.90. The maximum absolute atomic E-state index is 10.5. The summed E-state index contributed by atoms with van der Waals surface area (Å²) >= 11 is 0. The topological polar surface area (TPSA) is 87.4 Å². The lowest BCUT2D eigenvalue weighted by Crippen LogP contribution is -2.05. The van der Waals surface area contributed by atoms with E-state index in [0.29, 0.717) is 0 Å². The summed E-state index contributed by atoms with van der Waals surface area (Å²) in [5, 5.41) is 15.9. The van der Waals surface area contributed by atoms with E-state index in [0.717, 1.165) is 0 Å². The molecule has 0 aromatic rings. The Kier molecular flexibility index (Phi) is 10.3. The second-order valence-electron chi connectivity index (χ2n) is 2.22. The number of rotatable bonds is 4. The Labute approximate surface area is 88.3 Å². The molecule has 1 N–H and O–H groups in total. The number of nitriles is 1. The van der Waals surface area contributed by atoms with E-state index in [1.807, 2.05) is 0 Å². The Morgan fingerprint density at radius 1 is 1.60 bits per heavy atom. The SMILES string of the molecule is C=CCOC(=O)C(=C)C#N.CCC(=O)O. The number of carboxylic acid groups (broad SMARTS) is 1. The molecule has 0 radical (unpaired) electrons. The van der Waals surface area contributed by atoms with Crippen molar-refractivity contribution in [3.05, 3.63) is 24.8 Å². The van der Waals surface area contributed by atoms with Gasteiger partial charge < -0.3 is 9.84 Å². The first-order valence-electron chi connectivity index (χ1n) is 4.08. The van der Waals surface area contributed by atoms with Crippen molar-refractivity contribution in [1.29, 1.82) is 5.26 Å². The Morgan fingerprint density at radius 2 is 2.07 bits per heavy atom. The number of carbonyl (C=O) groups is 2. The summed E-state index contributed by atoms with van der Waals surface area (Å²) < 4.78 is 4.46. The van der Waals surface area contributed by atoms with Crippen molar-refractivity contribution in [3.63, 3.8) is 0 Å². The summed E-state index contributed by atoms with van der Waals surface area (Å²) in [6.45, 7) is 8.19. The number of hydrogen-bond donors (Lipinski definition) is 1. The van der Waals surface area contributed by atoms with E-state index in [9.17, 15) is 9.59 Å². The molecule has 0 atom stereocenters. The second kappa shape index (κ2) is 9.99. The maximum atomic E-state index is 10.5. The van der Waals surface area contributed by atoms with Crippen molar-refractivity contribution in [2.75, 3.05) is 6.61 Å². The average Bonchev–Trinajstić information content (AvgIpc) is 2.25. The zero-order valence-electron chi connectivity index (χ0n) is 8.52. The zero-order chi connectivity index (χ0) is 12.3. The predicted octanol–water partition coefficient (Wildman–Crippen LogP) is 1.28. The molecule has 0 amide bonds. The van der Waals surface area contributed by atoms with Gasteiger partial charge in [0.15, 0.2) is 0 Å². The van der Waals surface area contributed by atoms with Gasteiger partial charge in [0.05, 0.1) is 0 Å².